The summed E-state index contributed by atoms with van der Waals surface area (Å²) in [6, 6.07) is 10.3. The molecule has 1 aliphatic heterocycles. The minimum absolute atomic E-state index is 0.0695. The Bertz CT molecular complexity index is 1300. The van der Waals surface area contributed by atoms with Crippen LogP contribution < -0.4 is 15.0 Å². The van der Waals surface area contributed by atoms with Crippen molar-refractivity contribution in [2.75, 3.05) is 29.1 Å². The predicted molar refractivity (Wildman–Crippen MR) is 124 cm³/mol. The highest BCUT2D eigenvalue weighted by molar-refractivity contribution is 7.91. The number of anilines is 2. The molecular formula is C22H23N3O5S2. The van der Waals surface area contributed by atoms with Crippen molar-refractivity contribution in [3.05, 3.63) is 42.0 Å². The van der Waals surface area contributed by atoms with Crippen LogP contribution in [0, 0.1) is 0 Å². The number of benzene rings is 2. The van der Waals surface area contributed by atoms with Crippen LogP contribution in [0.1, 0.15) is 25.8 Å². The van der Waals surface area contributed by atoms with Gasteiger partial charge in [0.05, 0.1) is 27.5 Å². The third kappa shape index (κ3) is 4.61. The summed E-state index contributed by atoms with van der Waals surface area (Å²) in [5, 5.41) is 3.10. The number of hydrogen-bond acceptors (Lipinski definition) is 7. The smallest absolute Gasteiger partial charge is 0.227 e. The summed E-state index contributed by atoms with van der Waals surface area (Å²) in [6.45, 7) is 4.49. The van der Waals surface area contributed by atoms with Crippen molar-refractivity contribution in [3.8, 4) is 5.75 Å². The topological polar surface area (TPSA) is 106 Å². The standard InChI is InChI=1S/C22H23N3O5S2/c1-3-30-16-4-6-18-20(13-16)31-22(23-18)24-21(27)9-11-32(28,29)17-5-7-19-15(12-17)8-10-25(19)14(2)26/h4-7,12-13H,3,8-11H2,1-2H3,(H,23,24,27). The number of ether oxygens (including phenoxy) is 1. The lowest BCUT2D eigenvalue weighted by Gasteiger charge is -2.14. The van der Waals surface area contributed by atoms with Crippen molar-refractivity contribution in [1.29, 1.82) is 0 Å². The third-order valence-corrected chi connectivity index (χ3v) is 7.85. The van der Waals surface area contributed by atoms with Gasteiger partial charge in [-0.1, -0.05) is 11.3 Å². The van der Waals surface area contributed by atoms with E-state index in [1.807, 2.05) is 25.1 Å². The van der Waals surface area contributed by atoms with Gasteiger partial charge >= 0.3 is 0 Å². The maximum atomic E-state index is 12.8. The number of nitrogens with one attached hydrogen (secondary N) is 1. The maximum Gasteiger partial charge on any atom is 0.227 e. The molecule has 3 aromatic rings. The van der Waals surface area contributed by atoms with Gasteiger partial charge in [0.15, 0.2) is 15.0 Å². The Labute approximate surface area is 190 Å². The van der Waals surface area contributed by atoms with Crippen LogP contribution in [0.4, 0.5) is 10.8 Å². The summed E-state index contributed by atoms with van der Waals surface area (Å²) in [5.41, 5.74) is 2.31. The first-order chi connectivity index (χ1) is 15.3. The second-order valence-corrected chi connectivity index (χ2v) is 10.5. The Morgan fingerprint density at radius 3 is 2.78 bits per heavy atom. The number of rotatable bonds is 7. The lowest BCUT2D eigenvalue weighted by molar-refractivity contribution is -0.117. The van der Waals surface area contributed by atoms with E-state index in [0.717, 1.165) is 27.2 Å². The molecule has 1 aromatic heterocycles. The van der Waals surface area contributed by atoms with E-state index in [9.17, 15) is 18.0 Å². The van der Waals surface area contributed by atoms with Gasteiger partial charge in [-0.25, -0.2) is 13.4 Å². The number of hydrogen-bond donors (Lipinski definition) is 1. The summed E-state index contributed by atoms with van der Waals surface area (Å²) in [7, 11) is -3.64. The molecule has 1 N–H and O–H groups in total. The second-order valence-electron chi connectivity index (χ2n) is 7.41. The van der Waals surface area contributed by atoms with Gasteiger partial charge in [0.1, 0.15) is 5.75 Å². The molecule has 0 aliphatic carbocycles. The van der Waals surface area contributed by atoms with Gasteiger partial charge in [-0.05, 0) is 55.3 Å². The van der Waals surface area contributed by atoms with E-state index in [1.165, 1.54) is 24.3 Å². The van der Waals surface area contributed by atoms with Gasteiger partial charge in [-0.3, -0.25) is 9.59 Å². The van der Waals surface area contributed by atoms with Crippen LogP contribution in [0.15, 0.2) is 41.3 Å². The minimum atomic E-state index is -3.64. The van der Waals surface area contributed by atoms with E-state index in [1.54, 1.807) is 17.0 Å². The lowest BCUT2D eigenvalue weighted by Crippen LogP contribution is -2.25. The van der Waals surface area contributed by atoms with Crippen LogP contribution in [-0.4, -0.2) is 44.1 Å². The molecule has 1 aliphatic rings. The molecule has 0 spiro atoms. The van der Waals surface area contributed by atoms with Crippen molar-refractivity contribution in [1.82, 2.24) is 4.98 Å². The van der Waals surface area contributed by atoms with Crippen LogP contribution in [0.5, 0.6) is 5.75 Å². The molecule has 8 nitrogen and oxygen atoms in total. The highest BCUT2D eigenvalue weighted by Crippen LogP contribution is 2.31. The Hall–Kier alpha value is -2.98. The Morgan fingerprint density at radius 1 is 1.22 bits per heavy atom. The molecule has 10 heteroatoms. The summed E-state index contributed by atoms with van der Waals surface area (Å²) >= 11 is 1.31. The fraction of sp³-hybridized carbons (Fsp3) is 0.318. The molecule has 2 aromatic carbocycles. The molecule has 0 atom stereocenters. The molecule has 0 saturated heterocycles. The molecular weight excluding hydrogens is 450 g/mol. The van der Waals surface area contributed by atoms with Crippen molar-refractivity contribution in [2.45, 2.75) is 31.6 Å². The average Bonchev–Trinajstić information content (AvgIpc) is 3.35. The first-order valence-corrected chi connectivity index (χ1v) is 12.7. The van der Waals surface area contributed by atoms with E-state index >= 15 is 0 Å². The Morgan fingerprint density at radius 2 is 2.03 bits per heavy atom. The highest BCUT2D eigenvalue weighted by Gasteiger charge is 2.25. The van der Waals surface area contributed by atoms with Gasteiger partial charge in [0, 0.05) is 25.6 Å². The van der Waals surface area contributed by atoms with Crippen LogP contribution in [0.2, 0.25) is 0 Å². The highest BCUT2D eigenvalue weighted by atomic mass is 32.2. The maximum absolute atomic E-state index is 12.8. The Kier molecular flexibility index (Phi) is 6.16. The average molecular weight is 474 g/mol. The van der Waals surface area contributed by atoms with Gasteiger partial charge < -0.3 is 15.0 Å². The molecule has 2 amide bonds. The van der Waals surface area contributed by atoms with E-state index < -0.39 is 15.7 Å². The second kappa shape index (κ2) is 8.87. The van der Waals surface area contributed by atoms with Crippen molar-refractivity contribution < 1.29 is 22.7 Å². The van der Waals surface area contributed by atoms with Gasteiger partial charge in [-0.2, -0.15) is 0 Å². The van der Waals surface area contributed by atoms with Crippen molar-refractivity contribution in [3.63, 3.8) is 0 Å². The Balaban J connectivity index is 1.40. The zero-order valence-electron chi connectivity index (χ0n) is 17.8. The molecule has 2 heterocycles. The SMILES string of the molecule is CCOc1ccc2nc(NC(=O)CCS(=O)(=O)c3ccc4c(c3)CCN4C(C)=O)sc2c1. The molecule has 0 bridgehead atoms. The summed E-state index contributed by atoms with van der Waals surface area (Å²) < 4.78 is 31.9. The number of sulfone groups is 1. The number of carbonyl (C=O) groups is 2. The summed E-state index contributed by atoms with van der Waals surface area (Å²) in [4.78, 5) is 30.2. The molecule has 4 rings (SSSR count). The first-order valence-electron chi connectivity index (χ1n) is 10.2. The number of nitrogens with zero attached hydrogens (tertiary/aromatic N) is 2. The normalized spacial score (nSPS) is 13.2. The summed E-state index contributed by atoms with van der Waals surface area (Å²) in [5.74, 6) is -0.0667. The van der Waals surface area contributed by atoms with Gasteiger partial charge in [0.25, 0.3) is 0 Å². The molecule has 168 valence electrons. The predicted octanol–water partition coefficient (Wildman–Crippen LogP) is 3.41. The van der Waals surface area contributed by atoms with Crippen LogP contribution in [-0.2, 0) is 25.8 Å². The number of aromatic nitrogens is 1. The van der Waals surface area contributed by atoms with Crippen LogP contribution in [0.25, 0.3) is 10.2 Å². The fourth-order valence-electron chi connectivity index (χ4n) is 3.64. The molecule has 0 saturated carbocycles. The van der Waals surface area contributed by atoms with E-state index in [4.69, 9.17) is 4.74 Å². The summed E-state index contributed by atoms with van der Waals surface area (Å²) in [6.07, 6.45) is 0.431. The van der Waals surface area contributed by atoms with Crippen LogP contribution in [0.3, 0.4) is 0 Å². The number of thiazole rings is 1. The van der Waals surface area contributed by atoms with Crippen molar-refractivity contribution >= 4 is 54.0 Å². The van der Waals surface area contributed by atoms with Crippen molar-refractivity contribution in [2.24, 2.45) is 0 Å². The fourth-order valence-corrected chi connectivity index (χ4v) is 5.84. The quantitative estimate of drug-likeness (QED) is 0.564. The minimum Gasteiger partial charge on any atom is -0.494 e. The molecule has 32 heavy (non-hydrogen) atoms. The number of carbonyl (C=O) groups excluding carboxylic acids is 2. The van der Waals surface area contributed by atoms with Gasteiger partial charge in [0.2, 0.25) is 11.8 Å². The zero-order chi connectivity index (χ0) is 22.9. The van der Waals surface area contributed by atoms with E-state index in [-0.39, 0.29) is 23.0 Å². The monoisotopic (exact) mass is 473 g/mol. The van der Waals surface area contributed by atoms with Gasteiger partial charge in [-0.15, -0.1) is 0 Å². The number of fused-ring (bicyclic) bond motifs is 2. The molecule has 0 fully saturated rings. The molecule has 0 radical (unpaired) electrons. The zero-order valence-corrected chi connectivity index (χ0v) is 19.4. The number of amides is 2. The lowest BCUT2D eigenvalue weighted by atomic mass is 10.2. The third-order valence-electron chi connectivity index (χ3n) is 5.20. The van der Waals surface area contributed by atoms with E-state index in [2.05, 4.69) is 10.3 Å². The largest absolute Gasteiger partial charge is 0.494 e. The van der Waals surface area contributed by atoms with E-state index in [0.29, 0.717) is 24.7 Å². The van der Waals surface area contributed by atoms with Crippen LogP contribution >= 0.6 is 11.3 Å². The molecule has 0 unspecified atom stereocenters. The first kappa shape index (κ1) is 22.2.